The summed E-state index contributed by atoms with van der Waals surface area (Å²) in [5.74, 6) is -0.147. The molecule has 0 spiro atoms. The quantitative estimate of drug-likeness (QED) is 0.647. The van der Waals surface area contributed by atoms with Crippen LogP contribution in [0.25, 0.3) is 5.69 Å². The van der Waals surface area contributed by atoms with Crippen LogP contribution in [0.1, 0.15) is 41.6 Å². The first-order chi connectivity index (χ1) is 13.6. The number of likely N-dealkylation sites (N-methyl/N-ethyl adjacent to an activating group) is 1. The maximum absolute atomic E-state index is 12.8. The fourth-order valence-electron chi connectivity index (χ4n) is 3.49. The molecule has 0 radical (unpaired) electrons. The van der Waals surface area contributed by atoms with Crippen LogP contribution >= 0.6 is 0 Å². The number of hydrogen-bond donors (Lipinski definition) is 1. The van der Waals surface area contributed by atoms with Crippen LogP contribution < -0.4 is 5.32 Å². The van der Waals surface area contributed by atoms with Crippen LogP contribution in [0.4, 0.5) is 0 Å². The van der Waals surface area contributed by atoms with Gasteiger partial charge in [0.1, 0.15) is 0 Å². The third-order valence-corrected chi connectivity index (χ3v) is 5.01. The highest BCUT2D eigenvalue weighted by molar-refractivity contribution is 5.92. The van der Waals surface area contributed by atoms with Gasteiger partial charge in [-0.25, -0.2) is 4.68 Å². The summed E-state index contributed by atoms with van der Waals surface area (Å²) in [6.07, 6.45) is 0. The summed E-state index contributed by atoms with van der Waals surface area (Å²) in [6.45, 7) is 8.64. The van der Waals surface area contributed by atoms with E-state index in [9.17, 15) is 4.79 Å². The number of carbonyl (C=O) groups excluding carboxylic acids is 1. The fourth-order valence-corrected chi connectivity index (χ4v) is 3.49. The number of rotatable bonds is 8. The normalized spacial score (nSPS) is 12.1. The summed E-state index contributed by atoms with van der Waals surface area (Å²) in [6, 6.07) is 22.1. The van der Waals surface area contributed by atoms with Crippen LogP contribution in [-0.4, -0.2) is 40.2 Å². The number of nitrogens with zero attached hydrogens (tertiary/aromatic N) is 3. The van der Waals surface area contributed by atoms with Gasteiger partial charge in [0.25, 0.3) is 5.91 Å². The molecular formula is C23H28N4O. The average Bonchev–Trinajstić information content (AvgIpc) is 3.14. The summed E-state index contributed by atoms with van der Waals surface area (Å²) < 4.78 is 1.80. The Morgan fingerprint density at radius 1 is 1.04 bits per heavy atom. The molecule has 3 aromatic rings. The van der Waals surface area contributed by atoms with Gasteiger partial charge in [-0.2, -0.15) is 5.10 Å². The molecule has 0 saturated heterocycles. The van der Waals surface area contributed by atoms with Gasteiger partial charge < -0.3 is 5.32 Å². The number of amides is 1. The van der Waals surface area contributed by atoms with Crippen molar-refractivity contribution in [2.45, 2.75) is 26.8 Å². The molecule has 0 fully saturated rings. The molecule has 3 rings (SSSR count). The van der Waals surface area contributed by atoms with E-state index in [-0.39, 0.29) is 11.9 Å². The van der Waals surface area contributed by atoms with Gasteiger partial charge >= 0.3 is 0 Å². The molecule has 0 bridgehead atoms. The van der Waals surface area contributed by atoms with Crippen molar-refractivity contribution in [3.63, 3.8) is 0 Å². The Balaban J connectivity index is 1.75. The summed E-state index contributed by atoms with van der Waals surface area (Å²) >= 11 is 0. The van der Waals surface area contributed by atoms with E-state index in [1.165, 1.54) is 5.56 Å². The smallest absolute Gasteiger partial charge is 0.271 e. The van der Waals surface area contributed by atoms with Gasteiger partial charge in [-0.05, 0) is 43.8 Å². The van der Waals surface area contributed by atoms with Gasteiger partial charge in [0.15, 0.2) is 5.69 Å². The molecule has 5 heteroatoms. The number of aromatic nitrogens is 2. The average molecular weight is 377 g/mol. The lowest BCUT2D eigenvalue weighted by molar-refractivity contribution is 0.0929. The molecule has 5 nitrogen and oxygen atoms in total. The topological polar surface area (TPSA) is 50.2 Å². The lowest BCUT2D eigenvalue weighted by Gasteiger charge is -2.30. The van der Waals surface area contributed by atoms with Gasteiger partial charge in [-0.15, -0.1) is 0 Å². The predicted octanol–water partition coefficient (Wildman–Crippen LogP) is 3.99. The fraction of sp³-hybridized carbons (Fsp3) is 0.304. The first-order valence-electron chi connectivity index (χ1n) is 9.83. The Hall–Kier alpha value is -2.92. The summed E-state index contributed by atoms with van der Waals surface area (Å²) in [7, 11) is 0. The van der Waals surface area contributed by atoms with Crippen LogP contribution in [0, 0.1) is 6.92 Å². The Morgan fingerprint density at radius 2 is 1.64 bits per heavy atom. The minimum Gasteiger partial charge on any atom is -0.349 e. The Labute approximate surface area is 167 Å². The summed E-state index contributed by atoms with van der Waals surface area (Å²) in [5, 5.41) is 7.59. The van der Waals surface area contributed by atoms with E-state index in [4.69, 9.17) is 0 Å². The minimum atomic E-state index is -0.147. The van der Waals surface area contributed by atoms with E-state index in [0.717, 1.165) is 24.5 Å². The molecule has 1 atom stereocenters. The Morgan fingerprint density at radius 3 is 2.25 bits per heavy atom. The van der Waals surface area contributed by atoms with E-state index >= 15 is 0 Å². The third-order valence-electron chi connectivity index (χ3n) is 5.01. The molecule has 1 aromatic heterocycles. The molecule has 0 aliphatic heterocycles. The maximum Gasteiger partial charge on any atom is 0.271 e. The van der Waals surface area contributed by atoms with E-state index in [1.54, 1.807) is 4.68 Å². The number of benzene rings is 2. The largest absolute Gasteiger partial charge is 0.349 e. The van der Waals surface area contributed by atoms with Crippen molar-refractivity contribution in [2.24, 2.45) is 0 Å². The number of aryl methyl sites for hydroxylation is 1. The van der Waals surface area contributed by atoms with E-state index in [2.05, 4.69) is 41.3 Å². The van der Waals surface area contributed by atoms with Crippen molar-refractivity contribution in [1.29, 1.82) is 0 Å². The first-order valence-corrected chi connectivity index (χ1v) is 9.83. The second-order valence-electron chi connectivity index (χ2n) is 6.78. The van der Waals surface area contributed by atoms with Crippen LogP contribution in [0.15, 0.2) is 66.7 Å². The molecule has 1 heterocycles. The second-order valence-corrected chi connectivity index (χ2v) is 6.78. The van der Waals surface area contributed by atoms with Crippen LogP contribution in [-0.2, 0) is 0 Å². The molecule has 0 saturated carbocycles. The standard InChI is InChI=1S/C23H28N4O/c1-4-26(5-2)22(19-12-8-6-9-13-19)17-24-23(28)21-16-18(3)27(25-21)20-14-10-7-11-15-20/h6-16,22H,4-5,17H2,1-3H3,(H,24,28). The first kappa shape index (κ1) is 19.8. The number of nitrogens with one attached hydrogen (secondary N) is 1. The highest BCUT2D eigenvalue weighted by atomic mass is 16.1. The monoisotopic (exact) mass is 376 g/mol. The lowest BCUT2D eigenvalue weighted by atomic mass is 10.1. The predicted molar refractivity (Wildman–Crippen MR) is 113 cm³/mol. The van der Waals surface area contributed by atoms with Crippen molar-refractivity contribution in [2.75, 3.05) is 19.6 Å². The zero-order chi connectivity index (χ0) is 19.9. The molecule has 1 N–H and O–H groups in total. The third kappa shape index (κ3) is 4.49. The number of carbonyl (C=O) groups is 1. The van der Waals surface area contributed by atoms with E-state index in [0.29, 0.717) is 12.2 Å². The van der Waals surface area contributed by atoms with E-state index in [1.807, 2.05) is 61.5 Å². The van der Waals surface area contributed by atoms with E-state index < -0.39 is 0 Å². The Bertz CT molecular complexity index is 885. The molecule has 146 valence electrons. The molecule has 1 amide bonds. The van der Waals surface area contributed by atoms with Gasteiger partial charge in [-0.1, -0.05) is 62.4 Å². The second kappa shape index (κ2) is 9.33. The van der Waals surface area contributed by atoms with Crippen LogP contribution in [0.2, 0.25) is 0 Å². The molecule has 0 aliphatic carbocycles. The number of hydrogen-bond acceptors (Lipinski definition) is 3. The molecule has 28 heavy (non-hydrogen) atoms. The van der Waals surface area contributed by atoms with Gasteiger partial charge in [-0.3, -0.25) is 9.69 Å². The van der Waals surface area contributed by atoms with Gasteiger partial charge in [0, 0.05) is 12.2 Å². The zero-order valence-corrected chi connectivity index (χ0v) is 16.8. The summed E-state index contributed by atoms with van der Waals surface area (Å²) in [5.41, 5.74) is 3.52. The highest BCUT2D eigenvalue weighted by Gasteiger charge is 2.20. The van der Waals surface area contributed by atoms with Crippen LogP contribution in [0.5, 0.6) is 0 Å². The summed E-state index contributed by atoms with van der Waals surface area (Å²) in [4.78, 5) is 15.1. The highest BCUT2D eigenvalue weighted by Crippen LogP contribution is 2.20. The molecule has 2 aromatic carbocycles. The van der Waals surface area contributed by atoms with Crippen molar-refractivity contribution in [3.05, 3.63) is 83.7 Å². The molecular weight excluding hydrogens is 348 g/mol. The lowest BCUT2D eigenvalue weighted by Crippen LogP contribution is -2.38. The SMILES string of the molecule is CCN(CC)C(CNC(=O)c1cc(C)n(-c2ccccc2)n1)c1ccccc1. The van der Waals surface area contributed by atoms with Crippen LogP contribution in [0.3, 0.4) is 0 Å². The number of para-hydroxylation sites is 1. The van der Waals surface area contributed by atoms with Gasteiger partial charge in [0.05, 0.1) is 11.7 Å². The van der Waals surface area contributed by atoms with Crippen molar-refractivity contribution in [3.8, 4) is 5.69 Å². The molecule has 0 aliphatic rings. The Kier molecular flexibility index (Phi) is 6.61. The van der Waals surface area contributed by atoms with Crippen molar-refractivity contribution < 1.29 is 4.79 Å². The van der Waals surface area contributed by atoms with Crippen molar-refractivity contribution in [1.82, 2.24) is 20.0 Å². The van der Waals surface area contributed by atoms with Crippen molar-refractivity contribution >= 4 is 5.91 Å². The zero-order valence-electron chi connectivity index (χ0n) is 16.8. The molecule has 1 unspecified atom stereocenters. The van der Waals surface area contributed by atoms with Gasteiger partial charge in [0.2, 0.25) is 0 Å². The maximum atomic E-state index is 12.8. The minimum absolute atomic E-state index is 0.137.